The van der Waals surface area contributed by atoms with Gasteiger partial charge in [-0.2, -0.15) is 0 Å². The Labute approximate surface area is 187 Å². The molecule has 0 spiro atoms. The van der Waals surface area contributed by atoms with Crippen molar-refractivity contribution in [3.63, 3.8) is 0 Å². The highest BCUT2D eigenvalue weighted by Crippen LogP contribution is 2.36. The molecule has 0 unspecified atom stereocenters. The van der Waals surface area contributed by atoms with Crippen LogP contribution in [0.4, 0.5) is 22.0 Å². The topological polar surface area (TPSA) is 60.3 Å². The molecular formula is C25H13F5N4. The van der Waals surface area contributed by atoms with Crippen LogP contribution in [0.15, 0.2) is 48.5 Å². The number of aromatic amines is 3. The molecule has 0 atom stereocenters. The van der Waals surface area contributed by atoms with E-state index in [2.05, 4.69) is 19.9 Å². The molecule has 1 aliphatic rings. The van der Waals surface area contributed by atoms with Crippen molar-refractivity contribution < 1.29 is 22.0 Å². The van der Waals surface area contributed by atoms with Crippen LogP contribution < -0.4 is 0 Å². The normalized spacial score (nSPS) is 12.1. The first kappa shape index (κ1) is 20.2. The van der Waals surface area contributed by atoms with Gasteiger partial charge in [0.25, 0.3) is 0 Å². The van der Waals surface area contributed by atoms with Crippen molar-refractivity contribution in [1.82, 2.24) is 19.9 Å². The molecule has 0 saturated heterocycles. The summed E-state index contributed by atoms with van der Waals surface area (Å²) >= 11 is 0. The SMILES string of the molecule is Fc1c(F)c(F)c(-c2cc3cc4ccc(cc5ccc(cc6nc(c2[nH]3)C=C6)[nH]5)[nH]4)c(F)c1F. The smallest absolute Gasteiger partial charge is 0.200 e. The molecule has 5 aromatic rings. The molecule has 34 heavy (non-hydrogen) atoms. The Bertz CT molecular complexity index is 1740. The van der Waals surface area contributed by atoms with Crippen molar-refractivity contribution in [3.05, 3.63) is 89.0 Å². The summed E-state index contributed by atoms with van der Waals surface area (Å²) in [5.41, 5.74) is 3.22. The molecular weight excluding hydrogens is 451 g/mol. The first-order chi connectivity index (χ1) is 16.4. The maximum Gasteiger partial charge on any atom is 0.200 e. The molecule has 9 heteroatoms. The van der Waals surface area contributed by atoms with Gasteiger partial charge in [0, 0.05) is 33.1 Å². The summed E-state index contributed by atoms with van der Waals surface area (Å²) in [7, 11) is 0. The molecule has 168 valence electrons. The van der Waals surface area contributed by atoms with Crippen LogP contribution in [-0.2, 0) is 0 Å². The van der Waals surface area contributed by atoms with Crippen LogP contribution in [0.25, 0.3) is 56.4 Å². The average molecular weight is 464 g/mol. The van der Waals surface area contributed by atoms with Crippen LogP contribution >= 0.6 is 0 Å². The van der Waals surface area contributed by atoms with Crippen LogP contribution in [-0.4, -0.2) is 19.9 Å². The van der Waals surface area contributed by atoms with Crippen LogP contribution in [0.2, 0.25) is 0 Å². The van der Waals surface area contributed by atoms with Gasteiger partial charge in [0.15, 0.2) is 23.3 Å². The van der Waals surface area contributed by atoms with Gasteiger partial charge < -0.3 is 15.0 Å². The lowest BCUT2D eigenvalue weighted by Crippen LogP contribution is -2.03. The zero-order valence-corrected chi connectivity index (χ0v) is 17.1. The monoisotopic (exact) mass is 464 g/mol. The molecule has 0 fully saturated rings. The average Bonchev–Trinajstić information content (AvgIpc) is 3.60. The minimum absolute atomic E-state index is 0.120. The lowest BCUT2D eigenvalue weighted by molar-refractivity contribution is 0.381. The lowest BCUT2D eigenvalue weighted by Gasteiger charge is -2.07. The summed E-state index contributed by atoms with van der Waals surface area (Å²) in [4.78, 5) is 13.9. The number of nitrogens with zero attached hydrogens (tertiary/aromatic N) is 1. The molecule has 3 N–H and O–H groups in total. The fourth-order valence-corrected chi connectivity index (χ4v) is 4.08. The number of benzene rings is 1. The number of nitrogens with one attached hydrogen (secondary N) is 3. The minimum atomic E-state index is -2.21. The predicted octanol–water partition coefficient (Wildman–Crippen LogP) is 7.06. The molecule has 1 aliphatic heterocycles. The van der Waals surface area contributed by atoms with Crippen molar-refractivity contribution in [3.8, 4) is 11.1 Å². The largest absolute Gasteiger partial charge is 0.355 e. The minimum Gasteiger partial charge on any atom is -0.355 e. The highest BCUT2D eigenvalue weighted by Gasteiger charge is 2.28. The molecule has 0 amide bonds. The molecule has 5 heterocycles. The van der Waals surface area contributed by atoms with Crippen molar-refractivity contribution >= 4 is 45.3 Å². The van der Waals surface area contributed by atoms with Crippen LogP contribution in [0.3, 0.4) is 0 Å². The van der Waals surface area contributed by atoms with E-state index in [1.807, 2.05) is 24.3 Å². The summed E-state index contributed by atoms with van der Waals surface area (Å²) in [6.45, 7) is 0. The summed E-state index contributed by atoms with van der Waals surface area (Å²) in [6.07, 6.45) is 3.29. The van der Waals surface area contributed by atoms with Crippen LogP contribution in [0.5, 0.6) is 0 Å². The Morgan fingerprint density at radius 1 is 0.529 bits per heavy atom. The maximum absolute atomic E-state index is 14.7. The van der Waals surface area contributed by atoms with E-state index in [1.54, 1.807) is 30.4 Å². The third kappa shape index (κ3) is 3.16. The number of rotatable bonds is 1. The fraction of sp³-hybridized carbons (Fsp3) is 0. The van der Waals surface area contributed by atoms with Gasteiger partial charge in [-0.1, -0.05) is 0 Å². The van der Waals surface area contributed by atoms with E-state index in [0.29, 0.717) is 16.7 Å². The Morgan fingerprint density at radius 3 is 1.68 bits per heavy atom. The number of H-pyrrole nitrogens is 3. The first-order valence-electron chi connectivity index (χ1n) is 10.2. The maximum atomic E-state index is 14.7. The fourth-order valence-electron chi connectivity index (χ4n) is 4.08. The van der Waals surface area contributed by atoms with Gasteiger partial charge >= 0.3 is 0 Å². The number of hydrogen-bond donors (Lipinski definition) is 3. The Morgan fingerprint density at radius 2 is 1.06 bits per heavy atom. The summed E-state index contributed by atoms with van der Waals surface area (Å²) in [6, 6.07) is 14.1. The van der Waals surface area contributed by atoms with Gasteiger partial charge in [0.1, 0.15) is 0 Å². The molecule has 0 radical (unpaired) electrons. The van der Waals surface area contributed by atoms with E-state index in [9.17, 15) is 22.0 Å². The van der Waals surface area contributed by atoms with Gasteiger partial charge in [-0.05, 0) is 60.7 Å². The van der Waals surface area contributed by atoms with E-state index < -0.39 is 34.6 Å². The summed E-state index contributed by atoms with van der Waals surface area (Å²) < 4.78 is 71.0. The van der Waals surface area contributed by atoms with Crippen LogP contribution in [0.1, 0.15) is 11.4 Å². The molecule has 6 rings (SSSR count). The molecule has 0 aliphatic carbocycles. The Kier molecular flexibility index (Phi) is 4.35. The van der Waals surface area contributed by atoms with E-state index in [4.69, 9.17) is 0 Å². The van der Waals surface area contributed by atoms with Gasteiger partial charge in [-0.15, -0.1) is 0 Å². The highest BCUT2D eigenvalue weighted by atomic mass is 19.2. The van der Waals surface area contributed by atoms with Gasteiger partial charge in [-0.3, -0.25) is 0 Å². The quantitative estimate of drug-likeness (QED) is 0.136. The van der Waals surface area contributed by atoms with Gasteiger partial charge in [0.05, 0.1) is 22.5 Å². The lowest BCUT2D eigenvalue weighted by atomic mass is 10.0. The van der Waals surface area contributed by atoms with Crippen molar-refractivity contribution in [2.24, 2.45) is 0 Å². The molecule has 4 aromatic heterocycles. The third-order valence-electron chi connectivity index (χ3n) is 5.62. The van der Waals surface area contributed by atoms with Gasteiger partial charge in [0.2, 0.25) is 5.82 Å². The van der Waals surface area contributed by atoms with Crippen molar-refractivity contribution in [2.75, 3.05) is 0 Å². The molecule has 8 bridgehead atoms. The first-order valence-corrected chi connectivity index (χ1v) is 10.2. The number of halogens is 5. The standard InChI is InChI=1S/C25H13F5N4/c26-20-19(21(27)23(29)24(30)22(20)28)17-10-16-9-14-4-3-12(32-14)7-11-1-2-13(31-11)8-15-5-6-18(33-15)25(17)34-16/h1-10,31-32,34H. The number of fused-ring (bicyclic) bond motifs is 9. The zero-order chi connectivity index (χ0) is 23.6. The third-order valence-corrected chi connectivity index (χ3v) is 5.62. The van der Waals surface area contributed by atoms with Crippen molar-refractivity contribution in [2.45, 2.75) is 0 Å². The number of aromatic nitrogens is 4. The summed E-state index contributed by atoms with van der Waals surface area (Å²) in [5.74, 6) is -10.0. The van der Waals surface area contributed by atoms with E-state index >= 15 is 0 Å². The van der Waals surface area contributed by atoms with Crippen molar-refractivity contribution in [1.29, 1.82) is 0 Å². The second-order valence-electron chi connectivity index (χ2n) is 7.88. The van der Waals surface area contributed by atoms with E-state index in [-0.39, 0.29) is 16.8 Å². The highest BCUT2D eigenvalue weighted by molar-refractivity contribution is 5.93. The number of hydrogen-bond acceptors (Lipinski definition) is 1. The van der Waals surface area contributed by atoms with E-state index in [0.717, 1.165) is 16.6 Å². The van der Waals surface area contributed by atoms with E-state index in [1.165, 1.54) is 6.07 Å². The predicted molar refractivity (Wildman–Crippen MR) is 120 cm³/mol. The zero-order valence-electron chi connectivity index (χ0n) is 17.1. The van der Waals surface area contributed by atoms with Gasteiger partial charge in [-0.25, -0.2) is 26.9 Å². The molecule has 0 saturated carbocycles. The Balaban J connectivity index is 1.76. The molecule has 1 aromatic carbocycles. The second kappa shape index (κ2) is 7.31. The van der Waals surface area contributed by atoms with Crippen LogP contribution in [0, 0.1) is 29.1 Å². The Hall–Kier alpha value is -4.40. The second-order valence-corrected chi connectivity index (χ2v) is 7.88. The molecule has 4 nitrogen and oxygen atoms in total. The summed E-state index contributed by atoms with van der Waals surface area (Å²) in [5, 5.41) is 0.